The summed E-state index contributed by atoms with van der Waals surface area (Å²) in [6.45, 7) is 2.87. The second kappa shape index (κ2) is 10.5. The van der Waals surface area contributed by atoms with Gasteiger partial charge in [-0.3, -0.25) is 4.79 Å². The maximum absolute atomic E-state index is 12.4. The molecule has 4 rings (SSSR count). The fraction of sp³-hybridized carbons (Fsp3) is 0.120. The third kappa shape index (κ3) is 5.81. The third-order valence-corrected chi connectivity index (χ3v) is 5.95. The van der Waals surface area contributed by atoms with Gasteiger partial charge in [0.2, 0.25) is 0 Å². The summed E-state index contributed by atoms with van der Waals surface area (Å²) < 4.78 is 12.8. The van der Waals surface area contributed by atoms with Crippen LogP contribution in [0.1, 0.15) is 18.1 Å². The lowest BCUT2D eigenvalue weighted by Gasteiger charge is -2.13. The van der Waals surface area contributed by atoms with Crippen molar-refractivity contribution in [3.05, 3.63) is 93.3 Å². The molecule has 0 aromatic heterocycles. The van der Waals surface area contributed by atoms with Crippen LogP contribution in [-0.4, -0.2) is 17.7 Å². The van der Waals surface area contributed by atoms with Crippen molar-refractivity contribution in [3.63, 3.8) is 0 Å². The molecule has 1 aliphatic heterocycles. The molecular weight excluding hydrogens is 488 g/mol. The van der Waals surface area contributed by atoms with Crippen molar-refractivity contribution >= 4 is 50.5 Å². The average Bonchev–Trinajstić information content (AvgIpc) is 3.13. The second-order valence-electron chi connectivity index (χ2n) is 6.87. The van der Waals surface area contributed by atoms with Crippen molar-refractivity contribution in [3.8, 4) is 11.5 Å². The zero-order valence-corrected chi connectivity index (χ0v) is 19.8. The number of amides is 1. The van der Waals surface area contributed by atoms with Crippen molar-refractivity contribution in [1.29, 1.82) is 0 Å². The Morgan fingerprint density at radius 1 is 1.00 bits per heavy atom. The molecule has 0 saturated carbocycles. The van der Waals surface area contributed by atoms with Crippen LogP contribution in [0, 0.1) is 0 Å². The molecule has 1 aliphatic rings. The maximum Gasteiger partial charge on any atom is 0.264 e. The Balaban J connectivity index is 1.50. The number of hydrogen-bond donors (Lipinski definition) is 1. The first-order valence-corrected chi connectivity index (χ1v) is 11.7. The Kier molecular flexibility index (Phi) is 7.29. The molecule has 32 heavy (non-hydrogen) atoms. The number of amidine groups is 1. The molecule has 0 aliphatic carbocycles. The summed E-state index contributed by atoms with van der Waals surface area (Å²) in [5, 5.41) is 3.37. The van der Waals surface area contributed by atoms with E-state index in [1.165, 1.54) is 11.8 Å². The summed E-state index contributed by atoms with van der Waals surface area (Å²) in [6.07, 6.45) is 1.83. The minimum atomic E-state index is -0.168. The largest absolute Gasteiger partial charge is 0.490 e. The van der Waals surface area contributed by atoms with E-state index in [0.717, 1.165) is 21.3 Å². The van der Waals surface area contributed by atoms with Crippen molar-refractivity contribution < 1.29 is 14.3 Å². The standard InChI is InChI=1S/C25H21BrN2O3S/c1-2-30-22-14-18(10-13-21(22)31-16-17-8-11-19(26)12-9-17)15-23-24(29)28-25(32-23)27-20-6-4-3-5-7-20/h3-15H,2,16H2,1H3,(H,27,28,29)/b23-15-. The number of nitrogens with zero attached hydrogens (tertiary/aromatic N) is 1. The van der Waals surface area contributed by atoms with Crippen LogP contribution < -0.4 is 14.8 Å². The van der Waals surface area contributed by atoms with Gasteiger partial charge in [-0.25, -0.2) is 4.99 Å². The predicted molar refractivity (Wildman–Crippen MR) is 133 cm³/mol. The summed E-state index contributed by atoms with van der Waals surface area (Å²) >= 11 is 4.75. The highest BCUT2D eigenvalue weighted by molar-refractivity contribution is 9.10. The monoisotopic (exact) mass is 508 g/mol. The van der Waals surface area contributed by atoms with Gasteiger partial charge in [0.15, 0.2) is 16.7 Å². The predicted octanol–water partition coefficient (Wildman–Crippen LogP) is 6.32. The van der Waals surface area contributed by atoms with Gasteiger partial charge in [0.1, 0.15) is 6.61 Å². The number of halogens is 1. The molecule has 0 spiro atoms. The minimum Gasteiger partial charge on any atom is -0.490 e. The highest BCUT2D eigenvalue weighted by Gasteiger charge is 2.24. The van der Waals surface area contributed by atoms with Crippen LogP contribution in [0.5, 0.6) is 11.5 Å². The van der Waals surface area contributed by atoms with Gasteiger partial charge in [0.25, 0.3) is 5.91 Å². The van der Waals surface area contributed by atoms with E-state index in [-0.39, 0.29) is 5.91 Å². The van der Waals surface area contributed by atoms with Gasteiger partial charge in [0, 0.05) is 4.47 Å². The molecule has 0 atom stereocenters. The summed E-state index contributed by atoms with van der Waals surface area (Å²) in [5.74, 6) is 1.13. The van der Waals surface area contributed by atoms with E-state index in [4.69, 9.17) is 9.47 Å². The molecule has 5 nitrogen and oxygen atoms in total. The number of carbonyl (C=O) groups is 1. The number of para-hydroxylation sites is 1. The quantitative estimate of drug-likeness (QED) is 0.379. The summed E-state index contributed by atoms with van der Waals surface area (Å²) in [6, 6.07) is 23.2. The summed E-state index contributed by atoms with van der Waals surface area (Å²) in [7, 11) is 0. The van der Waals surface area contributed by atoms with E-state index in [2.05, 4.69) is 26.2 Å². The van der Waals surface area contributed by atoms with E-state index in [1.807, 2.05) is 85.8 Å². The molecular formula is C25H21BrN2O3S. The van der Waals surface area contributed by atoms with Gasteiger partial charge < -0.3 is 14.8 Å². The van der Waals surface area contributed by atoms with E-state index in [1.54, 1.807) is 0 Å². The van der Waals surface area contributed by atoms with Crippen LogP contribution >= 0.6 is 27.7 Å². The molecule has 3 aromatic rings. The molecule has 7 heteroatoms. The van der Waals surface area contributed by atoms with Crippen LogP contribution in [0.25, 0.3) is 6.08 Å². The van der Waals surface area contributed by atoms with Crippen molar-refractivity contribution in [2.24, 2.45) is 4.99 Å². The number of rotatable bonds is 7. The number of ether oxygens (including phenoxy) is 2. The molecule has 3 aromatic carbocycles. The first kappa shape index (κ1) is 22.2. The van der Waals surface area contributed by atoms with E-state index >= 15 is 0 Å². The molecule has 1 fully saturated rings. The topological polar surface area (TPSA) is 59.9 Å². The van der Waals surface area contributed by atoms with Crippen LogP contribution in [0.2, 0.25) is 0 Å². The molecule has 0 radical (unpaired) electrons. The normalized spacial score (nSPS) is 15.8. The maximum atomic E-state index is 12.4. The second-order valence-corrected chi connectivity index (χ2v) is 8.82. The van der Waals surface area contributed by atoms with Gasteiger partial charge >= 0.3 is 0 Å². The molecule has 1 N–H and O–H groups in total. The van der Waals surface area contributed by atoms with Gasteiger partial charge in [-0.15, -0.1) is 0 Å². The van der Waals surface area contributed by atoms with E-state index in [0.29, 0.717) is 34.8 Å². The SMILES string of the molecule is CCOc1cc(/C=C2\SC(=Nc3ccccc3)NC2=O)ccc1OCc1ccc(Br)cc1. The number of benzene rings is 3. The first-order chi connectivity index (χ1) is 15.6. The Bertz CT molecular complexity index is 1160. The van der Waals surface area contributed by atoms with Crippen LogP contribution in [0.4, 0.5) is 5.69 Å². The molecule has 1 amide bonds. The van der Waals surface area contributed by atoms with Gasteiger partial charge in [-0.05, 0) is 72.3 Å². The number of aliphatic imine (C=N–C) groups is 1. The molecule has 1 saturated heterocycles. The number of hydrogen-bond acceptors (Lipinski definition) is 5. The smallest absolute Gasteiger partial charge is 0.264 e. The lowest BCUT2D eigenvalue weighted by molar-refractivity contribution is -0.115. The first-order valence-electron chi connectivity index (χ1n) is 10.1. The Morgan fingerprint density at radius 3 is 2.53 bits per heavy atom. The zero-order valence-electron chi connectivity index (χ0n) is 17.4. The minimum absolute atomic E-state index is 0.168. The fourth-order valence-corrected chi connectivity index (χ4v) is 4.10. The van der Waals surface area contributed by atoms with Gasteiger partial charge in [-0.1, -0.05) is 52.3 Å². The highest BCUT2D eigenvalue weighted by Crippen LogP contribution is 2.33. The van der Waals surface area contributed by atoms with Crippen molar-refractivity contribution in [1.82, 2.24) is 5.32 Å². The molecule has 0 bridgehead atoms. The highest BCUT2D eigenvalue weighted by atomic mass is 79.9. The van der Waals surface area contributed by atoms with Crippen molar-refractivity contribution in [2.75, 3.05) is 6.61 Å². The van der Waals surface area contributed by atoms with Crippen LogP contribution in [0.15, 0.2) is 87.2 Å². The zero-order chi connectivity index (χ0) is 22.3. The number of thioether (sulfide) groups is 1. The Morgan fingerprint density at radius 2 is 1.78 bits per heavy atom. The molecule has 0 unspecified atom stereocenters. The summed E-state index contributed by atoms with van der Waals surface area (Å²) in [4.78, 5) is 17.5. The number of nitrogens with one attached hydrogen (secondary N) is 1. The average molecular weight is 509 g/mol. The lowest BCUT2D eigenvalue weighted by Crippen LogP contribution is -2.19. The van der Waals surface area contributed by atoms with Gasteiger partial charge in [-0.2, -0.15) is 0 Å². The molecule has 1 heterocycles. The fourth-order valence-electron chi connectivity index (χ4n) is 3.00. The third-order valence-electron chi connectivity index (χ3n) is 4.51. The number of carbonyl (C=O) groups excluding carboxylic acids is 1. The Hall–Kier alpha value is -3.03. The van der Waals surface area contributed by atoms with E-state index < -0.39 is 0 Å². The van der Waals surface area contributed by atoms with E-state index in [9.17, 15) is 4.79 Å². The lowest BCUT2D eigenvalue weighted by atomic mass is 10.2. The van der Waals surface area contributed by atoms with Gasteiger partial charge in [0.05, 0.1) is 17.2 Å². The van der Waals surface area contributed by atoms with Crippen molar-refractivity contribution in [2.45, 2.75) is 13.5 Å². The molecule has 162 valence electrons. The van der Waals surface area contributed by atoms with Crippen LogP contribution in [-0.2, 0) is 11.4 Å². The Labute approximate surface area is 199 Å². The van der Waals surface area contributed by atoms with Crippen LogP contribution in [0.3, 0.4) is 0 Å². The summed E-state index contributed by atoms with van der Waals surface area (Å²) in [5.41, 5.74) is 2.71.